The number of hydrogen-bond acceptors (Lipinski definition) is 6. The van der Waals surface area contributed by atoms with Crippen LogP contribution in [0.25, 0.3) is 0 Å². The van der Waals surface area contributed by atoms with Crippen LogP contribution in [0.3, 0.4) is 0 Å². The van der Waals surface area contributed by atoms with Crippen molar-refractivity contribution in [2.45, 2.75) is 110 Å². The normalized spacial score (nSPS) is 21.4. The SMILES string of the molecule is CC(C)CCCCCCCCCCCCC[C@@H]1OC[C@H](COP(=O)([O-])OCC[NH3+])O1. The van der Waals surface area contributed by atoms with Crippen molar-refractivity contribution in [3.63, 3.8) is 0 Å². The van der Waals surface area contributed by atoms with Gasteiger partial charge in [0, 0.05) is 0 Å². The van der Waals surface area contributed by atoms with Crippen LogP contribution in [0.15, 0.2) is 0 Å². The molecule has 7 nitrogen and oxygen atoms in total. The molecule has 1 aliphatic rings. The molecule has 0 spiro atoms. The molecule has 3 atom stereocenters. The lowest BCUT2D eigenvalue weighted by atomic mass is 10.0. The molecule has 30 heavy (non-hydrogen) atoms. The van der Waals surface area contributed by atoms with E-state index in [1.807, 2.05) is 0 Å². The number of rotatable bonds is 20. The quantitative estimate of drug-likeness (QED) is 0.220. The lowest BCUT2D eigenvalue weighted by molar-refractivity contribution is -0.373. The van der Waals surface area contributed by atoms with Crippen LogP contribution in [0.5, 0.6) is 0 Å². The van der Waals surface area contributed by atoms with E-state index < -0.39 is 7.82 Å². The lowest BCUT2D eigenvalue weighted by Gasteiger charge is -2.23. The number of hydrogen-bond donors (Lipinski definition) is 1. The molecule has 1 aliphatic heterocycles. The van der Waals surface area contributed by atoms with Gasteiger partial charge >= 0.3 is 0 Å². The van der Waals surface area contributed by atoms with Gasteiger partial charge in [-0.2, -0.15) is 0 Å². The Bertz CT molecular complexity index is 451. The van der Waals surface area contributed by atoms with Crippen molar-refractivity contribution in [3.8, 4) is 0 Å². The Kier molecular flexibility index (Phi) is 16.4. The topological polar surface area (TPSA) is 105 Å². The summed E-state index contributed by atoms with van der Waals surface area (Å²) in [7, 11) is -4.26. The highest BCUT2D eigenvalue weighted by molar-refractivity contribution is 7.45. The number of phosphoric ester groups is 1. The molecule has 0 aromatic rings. The summed E-state index contributed by atoms with van der Waals surface area (Å²) in [4.78, 5) is 11.5. The summed E-state index contributed by atoms with van der Waals surface area (Å²) in [6.07, 6.45) is 16.1. The van der Waals surface area contributed by atoms with E-state index in [-0.39, 0.29) is 25.6 Å². The predicted molar refractivity (Wildman–Crippen MR) is 117 cm³/mol. The summed E-state index contributed by atoms with van der Waals surface area (Å²) in [5.41, 5.74) is 3.53. The number of phosphoric acid groups is 1. The summed E-state index contributed by atoms with van der Waals surface area (Å²) < 4.78 is 32.3. The molecule has 8 heteroatoms. The molecule has 1 rings (SSSR count). The van der Waals surface area contributed by atoms with E-state index in [0.717, 1.165) is 18.8 Å². The molecule has 0 aliphatic carbocycles. The first-order valence-electron chi connectivity index (χ1n) is 12.1. The van der Waals surface area contributed by atoms with E-state index in [4.69, 9.17) is 14.0 Å². The fraction of sp³-hybridized carbons (Fsp3) is 1.00. The van der Waals surface area contributed by atoms with Gasteiger partial charge in [-0.05, 0) is 18.8 Å². The maximum Gasteiger partial charge on any atom is 0.268 e. The largest absolute Gasteiger partial charge is 0.756 e. The highest BCUT2D eigenvalue weighted by atomic mass is 31.2. The molecule has 1 saturated heterocycles. The minimum absolute atomic E-state index is 0.0316. The van der Waals surface area contributed by atoms with E-state index in [9.17, 15) is 9.46 Å². The van der Waals surface area contributed by atoms with Crippen molar-refractivity contribution < 1.29 is 33.7 Å². The van der Waals surface area contributed by atoms with Gasteiger partial charge in [-0.25, -0.2) is 0 Å². The van der Waals surface area contributed by atoms with Crippen LogP contribution in [0.1, 0.15) is 97.3 Å². The predicted octanol–water partition coefficient (Wildman–Crippen LogP) is 4.20. The molecule has 1 heterocycles. The maximum absolute atomic E-state index is 11.5. The van der Waals surface area contributed by atoms with E-state index in [2.05, 4.69) is 24.1 Å². The third-order valence-electron chi connectivity index (χ3n) is 5.35. The van der Waals surface area contributed by atoms with Crippen LogP contribution in [0.4, 0.5) is 0 Å². The standard InChI is InChI=1S/C22H46NO6P/c1-20(2)14-12-10-8-6-4-3-5-7-9-11-13-15-22-26-18-21(29-22)19-28-30(24,25)27-17-16-23/h20-22H,3-19,23H2,1-2H3,(H,24,25)/t21-,22-/m1/s1. The van der Waals surface area contributed by atoms with Crippen molar-refractivity contribution in [1.82, 2.24) is 0 Å². The second-order valence-electron chi connectivity index (χ2n) is 8.81. The Morgan fingerprint density at radius 2 is 1.53 bits per heavy atom. The summed E-state index contributed by atoms with van der Waals surface area (Å²) in [5, 5.41) is 0. The van der Waals surface area contributed by atoms with Crippen molar-refractivity contribution in [1.29, 1.82) is 0 Å². The summed E-state index contributed by atoms with van der Waals surface area (Å²) in [6.45, 7) is 5.31. The van der Waals surface area contributed by atoms with Crippen LogP contribution in [0, 0.1) is 5.92 Å². The van der Waals surface area contributed by atoms with E-state index in [0.29, 0.717) is 13.2 Å². The molecule has 0 saturated carbocycles. The summed E-state index contributed by atoms with van der Waals surface area (Å²) in [6, 6.07) is 0. The third-order valence-corrected chi connectivity index (χ3v) is 6.31. The van der Waals surface area contributed by atoms with Crippen LogP contribution in [-0.2, 0) is 23.1 Å². The molecule has 0 bridgehead atoms. The van der Waals surface area contributed by atoms with Gasteiger partial charge in [0.15, 0.2) is 6.29 Å². The van der Waals surface area contributed by atoms with Gasteiger partial charge < -0.3 is 29.1 Å². The van der Waals surface area contributed by atoms with Gasteiger partial charge in [-0.15, -0.1) is 0 Å². The lowest BCUT2D eigenvalue weighted by Crippen LogP contribution is -2.52. The van der Waals surface area contributed by atoms with E-state index in [1.165, 1.54) is 70.6 Å². The van der Waals surface area contributed by atoms with Gasteiger partial charge in [0.05, 0.1) is 19.8 Å². The van der Waals surface area contributed by atoms with Crippen LogP contribution in [-0.4, -0.2) is 38.8 Å². The fourth-order valence-electron chi connectivity index (χ4n) is 3.59. The van der Waals surface area contributed by atoms with Crippen molar-refractivity contribution in [3.05, 3.63) is 0 Å². The second kappa shape index (κ2) is 17.5. The van der Waals surface area contributed by atoms with Gasteiger partial charge in [0.1, 0.15) is 12.7 Å². The van der Waals surface area contributed by atoms with Crippen molar-refractivity contribution >= 4 is 7.82 Å². The monoisotopic (exact) mass is 451 g/mol. The first-order valence-corrected chi connectivity index (χ1v) is 13.6. The van der Waals surface area contributed by atoms with Crippen LogP contribution in [0.2, 0.25) is 0 Å². The Balaban J connectivity index is 1.87. The Morgan fingerprint density at radius 3 is 2.10 bits per heavy atom. The zero-order valence-electron chi connectivity index (χ0n) is 19.4. The molecule has 0 radical (unpaired) electrons. The first kappa shape index (κ1) is 28.0. The van der Waals surface area contributed by atoms with Crippen molar-refractivity contribution in [2.75, 3.05) is 26.4 Å². The highest BCUT2D eigenvalue weighted by Crippen LogP contribution is 2.38. The minimum Gasteiger partial charge on any atom is -0.756 e. The number of ether oxygens (including phenoxy) is 2. The molecular formula is C22H46NO6P. The molecular weight excluding hydrogens is 405 g/mol. The fourth-order valence-corrected chi connectivity index (χ4v) is 4.37. The second-order valence-corrected chi connectivity index (χ2v) is 10.2. The summed E-state index contributed by atoms with van der Waals surface area (Å²) in [5.74, 6) is 0.847. The Morgan fingerprint density at radius 1 is 0.967 bits per heavy atom. The number of quaternary nitrogens is 1. The average molecular weight is 452 g/mol. The Labute approximate surface area is 184 Å². The van der Waals surface area contributed by atoms with Crippen molar-refractivity contribution in [2.24, 2.45) is 5.92 Å². The number of unbranched alkanes of at least 4 members (excludes halogenated alkanes) is 10. The highest BCUT2D eigenvalue weighted by Gasteiger charge is 2.27. The zero-order valence-corrected chi connectivity index (χ0v) is 20.3. The molecule has 0 amide bonds. The average Bonchev–Trinajstić information content (AvgIpc) is 3.16. The van der Waals surface area contributed by atoms with Gasteiger partial charge in [-0.3, -0.25) is 4.57 Å². The van der Waals surface area contributed by atoms with E-state index >= 15 is 0 Å². The van der Waals surface area contributed by atoms with Gasteiger partial charge in [-0.1, -0.05) is 84.5 Å². The molecule has 1 unspecified atom stereocenters. The molecule has 3 N–H and O–H groups in total. The first-order chi connectivity index (χ1) is 14.4. The summed E-state index contributed by atoms with van der Waals surface area (Å²) >= 11 is 0. The smallest absolute Gasteiger partial charge is 0.268 e. The molecule has 1 fully saturated rings. The molecule has 0 aromatic carbocycles. The maximum atomic E-state index is 11.5. The third kappa shape index (κ3) is 15.7. The van der Waals surface area contributed by atoms with Crippen LogP contribution < -0.4 is 10.6 Å². The van der Waals surface area contributed by atoms with Gasteiger partial charge in [0.25, 0.3) is 7.82 Å². The van der Waals surface area contributed by atoms with E-state index in [1.54, 1.807) is 0 Å². The Hall–Kier alpha value is -0.0100. The van der Waals surface area contributed by atoms with Crippen LogP contribution >= 0.6 is 7.82 Å². The molecule has 180 valence electrons. The molecule has 0 aromatic heterocycles. The minimum atomic E-state index is -4.26. The zero-order chi connectivity index (χ0) is 22.1. The van der Waals surface area contributed by atoms with Gasteiger partial charge in [0.2, 0.25) is 0 Å².